The van der Waals surface area contributed by atoms with Gasteiger partial charge in [-0.25, -0.2) is 9.78 Å². The first kappa shape index (κ1) is 13.2. The standard InChI is InChI=1S/C13H12N2O3S/c1-7-3-4-9(5-10(7)13(17)18)15-12(16)11-6-19-8(2)14-11/h3-6H,1-2H3,(H,15,16)(H,17,18). The summed E-state index contributed by atoms with van der Waals surface area (Å²) >= 11 is 1.39. The monoisotopic (exact) mass is 276 g/mol. The number of nitrogens with zero attached hydrogens (tertiary/aromatic N) is 1. The molecule has 0 radical (unpaired) electrons. The fourth-order valence-corrected chi connectivity index (χ4v) is 2.19. The zero-order valence-electron chi connectivity index (χ0n) is 10.4. The number of hydrogen-bond donors (Lipinski definition) is 2. The maximum absolute atomic E-state index is 11.9. The molecule has 0 spiro atoms. The van der Waals surface area contributed by atoms with Gasteiger partial charge in [-0.05, 0) is 31.5 Å². The summed E-state index contributed by atoms with van der Waals surface area (Å²) in [6.07, 6.45) is 0. The van der Waals surface area contributed by atoms with Gasteiger partial charge in [0.1, 0.15) is 5.69 Å². The molecule has 0 saturated heterocycles. The molecule has 2 aromatic rings. The van der Waals surface area contributed by atoms with E-state index >= 15 is 0 Å². The molecule has 0 aliphatic heterocycles. The summed E-state index contributed by atoms with van der Waals surface area (Å²) in [5, 5.41) is 14.1. The second kappa shape index (κ2) is 5.19. The van der Waals surface area contributed by atoms with E-state index in [9.17, 15) is 9.59 Å². The third kappa shape index (κ3) is 2.97. The van der Waals surface area contributed by atoms with E-state index in [-0.39, 0.29) is 11.5 Å². The van der Waals surface area contributed by atoms with E-state index in [4.69, 9.17) is 5.11 Å². The van der Waals surface area contributed by atoms with Crippen LogP contribution in [0.5, 0.6) is 0 Å². The Morgan fingerprint density at radius 3 is 2.63 bits per heavy atom. The molecule has 0 bridgehead atoms. The van der Waals surface area contributed by atoms with Crippen molar-refractivity contribution in [1.29, 1.82) is 0 Å². The van der Waals surface area contributed by atoms with Gasteiger partial charge < -0.3 is 10.4 Å². The number of benzene rings is 1. The van der Waals surface area contributed by atoms with Gasteiger partial charge in [0.2, 0.25) is 0 Å². The van der Waals surface area contributed by atoms with Crippen LogP contribution in [0.15, 0.2) is 23.6 Å². The van der Waals surface area contributed by atoms with Crippen LogP contribution in [0.1, 0.15) is 31.4 Å². The number of rotatable bonds is 3. The molecule has 1 aromatic carbocycles. The first-order valence-electron chi connectivity index (χ1n) is 5.55. The van der Waals surface area contributed by atoms with Gasteiger partial charge in [0, 0.05) is 11.1 Å². The Kier molecular flexibility index (Phi) is 3.62. The fraction of sp³-hybridized carbons (Fsp3) is 0.154. The highest BCUT2D eigenvalue weighted by molar-refractivity contribution is 7.09. The molecule has 0 aliphatic rings. The lowest BCUT2D eigenvalue weighted by atomic mass is 10.1. The van der Waals surface area contributed by atoms with Gasteiger partial charge in [-0.15, -0.1) is 11.3 Å². The van der Waals surface area contributed by atoms with E-state index < -0.39 is 5.97 Å². The van der Waals surface area contributed by atoms with Crippen molar-refractivity contribution in [2.45, 2.75) is 13.8 Å². The van der Waals surface area contributed by atoms with E-state index in [2.05, 4.69) is 10.3 Å². The van der Waals surface area contributed by atoms with E-state index in [0.29, 0.717) is 16.9 Å². The van der Waals surface area contributed by atoms with Gasteiger partial charge in [0.15, 0.2) is 0 Å². The third-order valence-electron chi connectivity index (χ3n) is 2.58. The normalized spacial score (nSPS) is 10.2. The van der Waals surface area contributed by atoms with Crippen LogP contribution in [0.4, 0.5) is 5.69 Å². The minimum atomic E-state index is -1.02. The second-order valence-corrected chi connectivity index (χ2v) is 5.10. The number of aromatic nitrogens is 1. The average Bonchev–Trinajstić information content (AvgIpc) is 2.78. The number of anilines is 1. The van der Waals surface area contributed by atoms with Gasteiger partial charge in [0.05, 0.1) is 10.6 Å². The zero-order chi connectivity index (χ0) is 14.0. The van der Waals surface area contributed by atoms with E-state index in [1.165, 1.54) is 17.4 Å². The Labute approximate surface area is 113 Å². The van der Waals surface area contributed by atoms with Crippen LogP contribution in [-0.2, 0) is 0 Å². The number of carbonyl (C=O) groups excluding carboxylic acids is 1. The molecule has 6 heteroatoms. The Balaban J connectivity index is 2.22. The molecule has 2 rings (SSSR count). The molecule has 1 aromatic heterocycles. The average molecular weight is 276 g/mol. The van der Waals surface area contributed by atoms with Crippen molar-refractivity contribution in [2.24, 2.45) is 0 Å². The lowest BCUT2D eigenvalue weighted by Gasteiger charge is -2.06. The molecule has 19 heavy (non-hydrogen) atoms. The number of aryl methyl sites for hydroxylation is 2. The molecule has 1 heterocycles. The van der Waals surface area contributed by atoms with Gasteiger partial charge in [-0.1, -0.05) is 6.07 Å². The molecular weight excluding hydrogens is 264 g/mol. The summed E-state index contributed by atoms with van der Waals surface area (Å²) in [6.45, 7) is 3.52. The van der Waals surface area contributed by atoms with Crippen molar-refractivity contribution in [3.8, 4) is 0 Å². The molecular formula is C13H12N2O3S. The van der Waals surface area contributed by atoms with Gasteiger partial charge in [-0.2, -0.15) is 0 Å². The highest BCUT2D eigenvalue weighted by Gasteiger charge is 2.12. The second-order valence-electron chi connectivity index (χ2n) is 4.04. The summed E-state index contributed by atoms with van der Waals surface area (Å²) in [5.74, 6) is -1.36. The number of carbonyl (C=O) groups is 2. The minimum Gasteiger partial charge on any atom is -0.478 e. The molecule has 98 valence electrons. The first-order chi connectivity index (χ1) is 8.97. The Morgan fingerprint density at radius 1 is 1.32 bits per heavy atom. The van der Waals surface area contributed by atoms with Gasteiger partial charge >= 0.3 is 5.97 Å². The molecule has 0 saturated carbocycles. The number of aromatic carboxylic acids is 1. The maximum Gasteiger partial charge on any atom is 0.336 e. The molecule has 0 fully saturated rings. The summed E-state index contributed by atoms with van der Waals surface area (Å²) in [5.41, 5.74) is 1.60. The number of hydrogen-bond acceptors (Lipinski definition) is 4. The lowest BCUT2D eigenvalue weighted by molar-refractivity contribution is 0.0695. The highest BCUT2D eigenvalue weighted by atomic mass is 32.1. The molecule has 0 atom stereocenters. The number of thiazole rings is 1. The van der Waals surface area contributed by atoms with Crippen LogP contribution in [0, 0.1) is 13.8 Å². The van der Waals surface area contributed by atoms with Crippen molar-refractivity contribution in [2.75, 3.05) is 5.32 Å². The molecule has 5 nitrogen and oxygen atoms in total. The van der Waals surface area contributed by atoms with Crippen LogP contribution in [0.3, 0.4) is 0 Å². The molecule has 1 amide bonds. The Hall–Kier alpha value is -2.21. The topological polar surface area (TPSA) is 79.3 Å². The quantitative estimate of drug-likeness (QED) is 0.903. The largest absolute Gasteiger partial charge is 0.478 e. The van der Waals surface area contributed by atoms with Crippen molar-refractivity contribution < 1.29 is 14.7 Å². The summed E-state index contributed by atoms with van der Waals surface area (Å²) in [4.78, 5) is 27.0. The zero-order valence-corrected chi connectivity index (χ0v) is 11.2. The van der Waals surface area contributed by atoms with Crippen molar-refractivity contribution in [3.05, 3.63) is 45.4 Å². The lowest BCUT2D eigenvalue weighted by Crippen LogP contribution is -2.13. The van der Waals surface area contributed by atoms with E-state index in [1.807, 2.05) is 6.92 Å². The van der Waals surface area contributed by atoms with E-state index in [1.54, 1.807) is 24.4 Å². The predicted octanol–water partition coefficient (Wildman–Crippen LogP) is 2.71. The number of amides is 1. The number of carboxylic acids is 1. The van der Waals surface area contributed by atoms with Gasteiger partial charge in [-0.3, -0.25) is 4.79 Å². The maximum atomic E-state index is 11.9. The number of carboxylic acid groups (broad SMARTS) is 1. The third-order valence-corrected chi connectivity index (χ3v) is 3.35. The highest BCUT2D eigenvalue weighted by Crippen LogP contribution is 2.17. The van der Waals surface area contributed by atoms with Crippen molar-refractivity contribution in [1.82, 2.24) is 4.98 Å². The minimum absolute atomic E-state index is 0.173. The first-order valence-corrected chi connectivity index (χ1v) is 6.43. The summed E-state index contributed by atoms with van der Waals surface area (Å²) < 4.78 is 0. The predicted molar refractivity (Wildman–Crippen MR) is 72.9 cm³/mol. The fourth-order valence-electron chi connectivity index (χ4n) is 1.59. The van der Waals surface area contributed by atoms with E-state index in [0.717, 1.165) is 5.01 Å². The van der Waals surface area contributed by atoms with Gasteiger partial charge in [0.25, 0.3) is 5.91 Å². The molecule has 0 aliphatic carbocycles. The van der Waals surface area contributed by atoms with Crippen LogP contribution >= 0.6 is 11.3 Å². The molecule has 0 unspecified atom stereocenters. The van der Waals surface area contributed by atoms with Crippen LogP contribution in [-0.4, -0.2) is 22.0 Å². The smallest absolute Gasteiger partial charge is 0.336 e. The van der Waals surface area contributed by atoms with Crippen LogP contribution in [0.2, 0.25) is 0 Å². The summed E-state index contributed by atoms with van der Waals surface area (Å²) in [7, 11) is 0. The SMILES string of the molecule is Cc1nc(C(=O)Nc2ccc(C)c(C(=O)O)c2)cs1. The molecule has 2 N–H and O–H groups in total. The Bertz CT molecular complexity index is 649. The Morgan fingerprint density at radius 2 is 2.05 bits per heavy atom. The van der Waals surface area contributed by atoms with Crippen molar-refractivity contribution in [3.63, 3.8) is 0 Å². The summed E-state index contributed by atoms with van der Waals surface area (Å²) in [6, 6.07) is 4.76. The van der Waals surface area contributed by atoms with Crippen LogP contribution in [0.25, 0.3) is 0 Å². The van der Waals surface area contributed by atoms with Crippen molar-refractivity contribution >= 4 is 28.9 Å². The number of nitrogens with one attached hydrogen (secondary N) is 1. The van der Waals surface area contributed by atoms with Crippen LogP contribution < -0.4 is 5.32 Å².